The smallest absolute Gasteiger partial charge is 0.244 e. The largest absolute Gasteiger partial charge is 0.342 e. The van der Waals surface area contributed by atoms with Crippen LogP contribution in [0.15, 0.2) is 47.4 Å². The van der Waals surface area contributed by atoms with Crippen LogP contribution < -0.4 is 0 Å². The monoisotopic (exact) mass is 414 g/mol. The number of hydrogen-bond donors (Lipinski definition) is 0. The first-order valence-corrected chi connectivity index (χ1v) is 11.6. The lowest BCUT2D eigenvalue weighted by atomic mass is 10.1. The second-order valence-corrected chi connectivity index (χ2v) is 9.76. The molecule has 0 unspecified atom stereocenters. The zero-order chi connectivity index (χ0) is 21.0. The van der Waals surface area contributed by atoms with E-state index >= 15 is 0 Å². The van der Waals surface area contributed by atoms with Crippen molar-refractivity contribution in [3.8, 4) is 0 Å². The van der Waals surface area contributed by atoms with Crippen molar-refractivity contribution >= 4 is 15.9 Å². The van der Waals surface area contributed by atoms with Crippen molar-refractivity contribution in [2.24, 2.45) is 0 Å². The van der Waals surface area contributed by atoms with Crippen molar-refractivity contribution in [3.63, 3.8) is 0 Å². The number of likely N-dealkylation sites (tertiary alicyclic amines) is 1. The van der Waals surface area contributed by atoms with Crippen molar-refractivity contribution in [1.82, 2.24) is 9.21 Å². The molecule has 1 heterocycles. The SMILES string of the molecule is Cc1cc(C)c(S(=O)(=O)N(CCc2ccccc2)CC(=O)N2CCCC2)c(C)c1. The third-order valence-corrected chi connectivity index (χ3v) is 7.62. The zero-order valence-electron chi connectivity index (χ0n) is 17.5. The van der Waals surface area contributed by atoms with Gasteiger partial charge < -0.3 is 4.90 Å². The second-order valence-electron chi connectivity index (χ2n) is 7.89. The summed E-state index contributed by atoms with van der Waals surface area (Å²) in [5.41, 5.74) is 3.53. The average Bonchev–Trinajstić information content (AvgIpc) is 3.19. The van der Waals surface area contributed by atoms with E-state index in [1.165, 1.54) is 4.31 Å². The molecular weight excluding hydrogens is 384 g/mol. The fourth-order valence-electron chi connectivity index (χ4n) is 4.10. The lowest BCUT2D eigenvalue weighted by Crippen LogP contribution is -2.43. The lowest BCUT2D eigenvalue weighted by Gasteiger charge is -2.26. The quantitative estimate of drug-likeness (QED) is 0.697. The maximum absolute atomic E-state index is 13.6. The Bertz CT molecular complexity index is 942. The van der Waals surface area contributed by atoms with Crippen LogP contribution in [-0.4, -0.2) is 49.7 Å². The van der Waals surface area contributed by atoms with Crippen LogP contribution in [-0.2, 0) is 21.2 Å². The Hall–Kier alpha value is -2.18. The Kier molecular flexibility index (Phi) is 6.75. The summed E-state index contributed by atoms with van der Waals surface area (Å²) in [5, 5.41) is 0. The highest BCUT2D eigenvalue weighted by molar-refractivity contribution is 7.89. The molecule has 0 radical (unpaired) electrons. The minimum atomic E-state index is -3.79. The molecular formula is C23H30N2O3S. The highest BCUT2D eigenvalue weighted by atomic mass is 32.2. The van der Waals surface area contributed by atoms with Gasteiger partial charge in [0.1, 0.15) is 0 Å². The van der Waals surface area contributed by atoms with Gasteiger partial charge in [-0.2, -0.15) is 4.31 Å². The molecule has 6 heteroatoms. The van der Waals surface area contributed by atoms with Crippen LogP contribution in [0.1, 0.15) is 35.1 Å². The van der Waals surface area contributed by atoms with Crippen molar-refractivity contribution in [2.75, 3.05) is 26.2 Å². The van der Waals surface area contributed by atoms with E-state index in [0.29, 0.717) is 24.4 Å². The summed E-state index contributed by atoms with van der Waals surface area (Å²) < 4.78 is 28.6. The molecule has 3 rings (SSSR count). The standard InChI is InChI=1S/C23H30N2O3S/c1-18-15-19(2)23(20(3)16-18)29(27,28)25(14-11-21-9-5-4-6-10-21)17-22(26)24-12-7-8-13-24/h4-6,9-10,15-16H,7-8,11-14,17H2,1-3H3. The Morgan fingerprint density at radius 3 is 2.17 bits per heavy atom. The molecule has 0 N–H and O–H groups in total. The summed E-state index contributed by atoms with van der Waals surface area (Å²) in [6.45, 7) is 7.21. The summed E-state index contributed by atoms with van der Waals surface area (Å²) in [5.74, 6) is -0.110. The number of aryl methyl sites for hydroxylation is 3. The number of amides is 1. The molecule has 1 aliphatic rings. The number of benzene rings is 2. The van der Waals surface area contributed by atoms with Gasteiger partial charge in [-0.15, -0.1) is 0 Å². The van der Waals surface area contributed by atoms with Crippen molar-refractivity contribution in [2.45, 2.75) is 44.9 Å². The van der Waals surface area contributed by atoms with E-state index in [9.17, 15) is 13.2 Å². The second kappa shape index (κ2) is 9.09. The van der Waals surface area contributed by atoms with Gasteiger partial charge in [-0.3, -0.25) is 4.79 Å². The molecule has 29 heavy (non-hydrogen) atoms. The number of nitrogens with zero attached hydrogens (tertiary/aromatic N) is 2. The molecule has 2 aromatic rings. The first-order chi connectivity index (χ1) is 13.8. The molecule has 156 valence electrons. The van der Waals surface area contributed by atoms with E-state index in [1.54, 1.807) is 4.90 Å². The normalized spacial score (nSPS) is 14.6. The molecule has 1 aliphatic heterocycles. The van der Waals surface area contributed by atoms with Crippen LogP contribution >= 0.6 is 0 Å². The van der Waals surface area contributed by atoms with E-state index in [0.717, 1.165) is 35.1 Å². The van der Waals surface area contributed by atoms with Gasteiger partial charge in [0.25, 0.3) is 0 Å². The zero-order valence-corrected chi connectivity index (χ0v) is 18.3. The molecule has 0 aromatic heterocycles. The molecule has 5 nitrogen and oxygen atoms in total. The summed E-state index contributed by atoms with van der Waals surface area (Å²) in [6, 6.07) is 13.6. The van der Waals surface area contributed by atoms with Gasteiger partial charge in [-0.05, 0) is 56.7 Å². The number of hydrogen-bond acceptors (Lipinski definition) is 3. The van der Waals surface area contributed by atoms with Crippen molar-refractivity contribution < 1.29 is 13.2 Å². The molecule has 2 aromatic carbocycles. The van der Waals surface area contributed by atoms with Gasteiger partial charge in [-0.25, -0.2) is 8.42 Å². The van der Waals surface area contributed by atoms with Gasteiger partial charge in [0.15, 0.2) is 0 Å². The minimum absolute atomic E-state index is 0.109. The molecule has 0 atom stereocenters. The van der Waals surface area contributed by atoms with E-state index in [2.05, 4.69) is 0 Å². The maximum Gasteiger partial charge on any atom is 0.244 e. The Labute approximate surface area is 174 Å². The van der Waals surface area contributed by atoms with Crippen LogP contribution in [0.2, 0.25) is 0 Å². The molecule has 1 saturated heterocycles. The molecule has 0 spiro atoms. The Morgan fingerprint density at radius 2 is 1.59 bits per heavy atom. The van der Waals surface area contributed by atoms with E-state index in [4.69, 9.17) is 0 Å². The third-order valence-electron chi connectivity index (χ3n) is 5.47. The number of sulfonamides is 1. The van der Waals surface area contributed by atoms with Crippen LogP contribution in [0, 0.1) is 20.8 Å². The van der Waals surface area contributed by atoms with Crippen LogP contribution in [0.25, 0.3) is 0 Å². The predicted octanol–water partition coefficient (Wildman–Crippen LogP) is 3.47. The number of carbonyl (C=O) groups is 1. The summed E-state index contributed by atoms with van der Waals surface area (Å²) in [6.07, 6.45) is 2.54. The van der Waals surface area contributed by atoms with E-state index < -0.39 is 10.0 Å². The van der Waals surface area contributed by atoms with Crippen molar-refractivity contribution in [1.29, 1.82) is 0 Å². The van der Waals surface area contributed by atoms with Gasteiger partial charge >= 0.3 is 0 Å². The van der Waals surface area contributed by atoms with Crippen molar-refractivity contribution in [3.05, 3.63) is 64.7 Å². The molecule has 0 bridgehead atoms. The fraction of sp³-hybridized carbons (Fsp3) is 0.435. The fourth-order valence-corrected chi connectivity index (χ4v) is 5.90. The molecule has 1 fully saturated rings. The molecule has 1 amide bonds. The van der Waals surface area contributed by atoms with Crippen LogP contribution in [0.4, 0.5) is 0 Å². The van der Waals surface area contributed by atoms with Crippen LogP contribution in [0.3, 0.4) is 0 Å². The topological polar surface area (TPSA) is 57.7 Å². The molecule has 0 saturated carbocycles. The van der Waals surface area contributed by atoms with E-state index in [-0.39, 0.29) is 19.0 Å². The van der Waals surface area contributed by atoms with Gasteiger partial charge in [0, 0.05) is 19.6 Å². The van der Waals surface area contributed by atoms with Crippen LogP contribution in [0.5, 0.6) is 0 Å². The highest BCUT2D eigenvalue weighted by Gasteiger charge is 2.31. The van der Waals surface area contributed by atoms with Gasteiger partial charge in [0.05, 0.1) is 11.4 Å². The van der Waals surface area contributed by atoms with E-state index in [1.807, 2.05) is 63.2 Å². The first-order valence-electron chi connectivity index (χ1n) is 10.2. The predicted molar refractivity (Wildman–Crippen MR) is 115 cm³/mol. The first kappa shape index (κ1) is 21.5. The molecule has 0 aliphatic carbocycles. The average molecular weight is 415 g/mol. The van der Waals surface area contributed by atoms with Gasteiger partial charge in [0.2, 0.25) is 15.9 Å². The maximum atomic E-state index is 13.6. The minimum Gasteiger partial charge on any atom is -0.342 e. The number of rotatable bonds is 7. The lowest BCUT2D eigenvalue weighted by molar-refractivity contribution is -0.130. The summed E-state index contributed by atoms with van der Waals surface area (Å²) in [4.78, 5) is 14.9. The third kappa shape index (κ3) is 5.06. The van der Waals surface area contributed by atoms with Gasteiger partial charge in [-0.1, -0.05) is 48.0 Å². The Balaban J connectivity index is 1.91. The summed E-state index contributed by atoms with van der Waals surface area (Å²) in [7, 11) is -3.79. The Morgan fingerprint density at radius 1 is 1.00 bits per heavy atom. The summed E-state index contributed by atoms with van der Waals surface area (Å²) >= 11 is 0. The highest BCUT2D eigenvalue weighted by Crippen LogP contribution is 2.26. The number of carbonyl (C=O) groups excluding carboxylic acids is 1.